The largest absolute Gasteiger partial charge is 0.466 e. The third-order valence-electron chi connectivity index (χ3n) is 3.15. The first-order valence-electron chi connectivity index (χ1n) is 6.36. The van der Waals surface area contributed by atoms with Crippen molar-refractivity contribution in [1.82, 2.24) is 5.34 Å². The number of hydrogen-bond donors (Lipinski definition) is 1. The van der Waals surface area contributed by atoms with Crippen LogP contribution < -0.4 is 10.8 Å². The molecule has 0 atom stereocenters. The summed E-state index contributed by atoms with van der Waals surface area (Å²) in [6.07, 6.45) is 0. The zero-order chi connectivity index (χ0) is 13.8. The van der Waals surface area contributed by atoms with Crippen LogP contribution in [0.2, 0.25) is 0 Å². The number of nitrogens with zero attached hydrogens (tertiary/aromatic N) is 2. The van der Waals surface area contributed by atoms with E-state index in [0.717, 1.165) is 16.7 Å². The number of hydrazone groups is 1. The van der Waals surface area contributed by atoms with E-state index in [0.29, 0.717) is 12.2 Å². The van der Waals surface area contributed by atoms with Gasteiger partial charge in [0.05, 0.1) is 24.0 Å². The lowest BCUT2D eigenvalue weighted by molar-refractivity contribution is 0.369. The Morgan fingerprint density at radius 2 is 1.85 bits per heavy atom. The van der Waals surface area contributed by atoms with Crippen LogP contribution in [0, 0.1) is 11.3 Å². The molecule has 2 aromatic carbocycles. The van der Waals surface area contributed by atoms with E-state index in [1.54, 1.807) is 12.1 Å². The number of benzene rings is 2. The quantitative estimate of drug-likeness (QED) is 0.828. The second kappa shape index (κ2) is 5.60. The van der Waals surface area contributed by atoms with Crippen molar-refractivity contribution in [3.8, 4) is 6.07 Å². The Bertz CT molecular complexity index is 662. The van der Waals surface area contributed by atoms with Gasteiger partial charge in [-0.25, -0.2) is 0 Å². The molecule has 0 saturated heterocycles. The first kappa shape index (κ1) is 12.5. The molecule has 3 rings (SSSR count). The van der Waals surface area contributed by atoms with Crippen LogP contribution in [0.3, 0.4) is 0 Å². The Morgan fingerprint density at radius 3 is 2.45 bits per heavy atom. The molecule has 0 bridgehead atoms. The molecule has 20 heavy (non-hydrogen) atoms. The number of nitrogens with one attached hydrogen (secondary N) is 1. The Kier molecular flexibility index (Phi) is 3.49. The molecule has 0 radical (unpaired) electrons. The van der Waals surface area contributed by atoms with Crippen molar-refractivity contribution in [3.63, 3.8) is 0 Å². The van der Waals surface area contributed by atoms with E-state index in [2.05, 4.69) is 16.5 Å². The first-order valence-corrected chi connectivity index (χ1v) is 6.36. The Labute approximate surface area is 117 Å². The second-order valence-electron chi connectivity index (χ2n) is 4.48. The zero-order valence-corrected chi connectivity index (χ0v) is 10.8. The van der Waals surface area contributed by atoms with Gasteiger partial charge in [-0.05, 0) is 23.2 Å². The van der Waals surface area contributed by atoms with Gasteiger partial charge >= 0.3 is 7.05 Å². The van der Waals surface area contributed by atoms with Crippen LogP contribution in [0.25, 0.3) is 0 Å². The van der Waals surface area contributed by atoms with E-state index < -0.39 is 0 Å². The first-order chi connectivity index (χ1) is 9.86. The highest BCUT2D eigenvalue weighted by molar-refractivity contribution is 6.65. The smallest absolute Gasteiger partial charge is 0.406 e. The van der Waals surface area contributed by atoms with E-state index in [1.807, 2.05) is 42.5 Å². The maximum absolute atomic E-state index is 8.78. The average Bonchev–Trinajstić information content (AvgIpc) is 2.56. The Hall–Kier alpha value is -2.58. The number of rotatable bonds is 2. The minimum atomic E-state index is -0.268. The molecule has 96 valence electrons. The minimum absolute atomic E-state index is 0.268. The van der Waals surface area contributed by atoms with Crippen molar-refractivity contribution in [3.05, 3.63) is 65.7 Å². The highest BCUT2D eigenvalue weighted by atomic mass is 16.4. The molecule has 1 aliphatic heterocycles. The fourth-order valence-electron chi connectivity index (χ4n) is 2.05. The summed E-state index contributed by atoms with van der Waals surface area (Å²) in [5.41, 5.74) is 3.53. The maximum atomic E-state index is 8.78. The molecule has 0 aromatic heterocycles. The second-order valence-corrected chi connectivity index (χ2v) is 4.48. The molecule has 0 saturated carbocycles. The summed E-state index contributed by atoms with van der Waals surface area (Å²) in [6, 6.07) is 19.3. The third kappa shape index (κ3) is 2.56. The molecule has 2 aromatic rings. The fourth-order valence-corrected chi connectivity index (χ4v) is 2.05. The van der Waals surface area contributed by atoms with Gasteiger partial charge in [-0.15, -0.1) is 0 Å². The molecule has 1 N–H and O–H groups in total. The summed E-state index contributed by atoms with van der Waals surface area (Å²) in [5, 5.41) is 16.2. The minimum Gasteiger partial charge on any atom is -0.406 e. The van der Waals surface area contributed by atoms with E-state index in [9.17, 15) is 0 Å². The average molecular weight is 261 g/mol. The third-order valence-corrected chi connectivity index (χ3v) is 3.15. The molecule has 0 spiro atoms. The van der Waals surface area contributed by atoms with Crippen LogP contribution in [0.15, 0.2) is 59.7 Å². The molecule has 1 aliphatic rings. The van der Waals surface area contributed by atoms with E-state index in [-0.39, 0.29) is 7.05 Å². The summed E-state index contributed by atoms with van der Waals surface area (Å²) < 4.78 is 5.78. The molecule has 1 heterocycles. The number of hydrogen-bond acceptors (Lipinski definition) is 4. The molecule has 4 nitrogen and oxygen atoms in total. The van der Waals surface area contributed by atoms with Gasteiger partial charge in [0.25, 0.3) is 0 Å². The van der Waals surface area contributed by atoms with Gasteiger partial charge < -0.3 is 9.99 Å². The van der Waals surface area contributed by atoms with E-state index in [1.165, 1.54) is 0 Å². The topological polar surface area (TPSA) is 57.4 Å². The lowest BCUT2D eigenvalue weighted by Crippen LogP contribution is -2.49. The summed E-state index contributed by atoms with van der Waals surface area (Å²) >= 11 is 0. The number of nitriles is 1. The molecule has 0 amide bonds. The van der Waals surface area contributed by atoms with Gasteiger partial charge in [0.1, 0.15) is 0 Å². The normalized spacial score (nSPS) is 14.2. The van der Waals surface area contributed by atoms with Crippen molar-refractivity contribution in [2.24, 2.45) is 5.10 Å². The zero-order valence-electron chi connectivity index (χ0n) is 10.8. The van der Waals surface area contributed by atoms with Gasteiger partial charge in [0.15, 0.2) is 0 Å². The van der Waals surface area contributed by atoms with Gasteiger partial charge in [-0.3, -0.25) is 0 Å². The van der Waals surface area contributed by atoms with Gasteiger partial charge in [0, 0.05) is 0 Å². The summed E-state index contributed by atoms with van der Waals surface area (Å²) in [7, 11) is -0.268. The van der Waals surface area contributed by atoms with Crippen LogP contribution >= 0.6 is 0 Å². The van der Waals surface area contributed by atoms with Gasteiger partial charge in [-0.2, -0.15) is 10.4 Å². The Morgan fingerprint density at radius 1 is 1.10 bits per heavy atom. The highest BCUT2D eigenvalue weighted by Gasteiger charge is 2.24. The van der Waals surface area contributed by atoms with Gasteiger partial charge in [-0.1, -0.05) is 42.5 Å². The van der Waals surface area contributed by atoms with Crippen molar-refractivity contribution in [2.45, 2.75) is 0 Å². The van der Waals surface area contributed by atoms with Crippen molar-refractivity contribution >= 4 is 18.2 Å². The molecule has 0 aliphatic carbocycles. The van der Waals surface area contributed by atoms with Crippen LogP contribution in [0.1, 0.15) is 11.1 Å². The fraction of sp³-hybridized carbons (Fsp3) is 0.0667. The lowest BCUT2D eigenvalue weighted by Gasteiger charge is -2.20. The molecule has 0 fully saturated rings. The van der Waals surface area contributed by atoms with Crippen LogP contribution in [-0.4, -0.2) is 19.4 Å². The van der Waals surface area contributed by atoms with Crippen molar-refractivity contribution in [1.29, 1.82) is 5.26 Å². The monoisotopic (exact) mass is 261 g/mol. The molecular formula is C15H12BN3O. The molecule has 0 unspecified atom stereocenters. The lowest BCUT2D eigenvalue weighted by atomic mass is 9.74. The summed E-state index contributed by atoms with van der Waals surface area (Å²) in [6.45, 7) is 0.460. The summed E-state index contributed by atoms with van der Waals surface area (Å²) in [5.74, 6) is 0. The standard InChI is InChI=1S/C15H12BN3O/c17-10-12-6-8-14(9-7-12)16-19-18-15(11-20-16)13-4-2-1-3-5-13/h1-9,19H,11H2. The summed E-state index contributed by atoms with van der Waals surface area (Å²) in [4.78, 5) is 0. The predicted octanol–water partition coefficient (Wildman–Crippen LogP) is 1.28. The van der Waals surface area contributed by atoms with Crippen LogP contribution in [0.4, 0.5) is 0 Å². The van der Waals surface area contributed by atoms with Crippen LogP contribution in [0.5, 0.6) is 0 Å². The van der Waals surface area contributed by atoms with Crippen molar-refractivity contribution < 1.29 is 4.65 Å². The molecule has 5 heteroatoms. The van der Waals surface area contributed by atoms with Crippen molar-refractivity contribution in [2.75, 3.05) is 6.61 Å². The molecular weight excluding hydrogens is 249 g/mol. The van der Waals surface area contributed by atoms with Gasteiger partial charge in [0.2, 0.25) is 0 Å². The van der Waals surface area contributed by atoms with E-state index >= 15 is 0 Å². The predicted molar refractivity (Wildman–Crippen MR) is 78.6 cm³/mol. The maximum Gasteiger partial charge on any atom is 0.466 e. The van der Waals surface area contributed by atoms with E-state index in [4.69, 9.17) is 9.92 Å². The highest BCUT2D eigenvalue weighted by Crippen LogP contribution is 2.05. The Balaban J connectivity index is 1.74. The van der Waals surface area contributed by atoms with Crippen LogP contribution in [-0.2, 0) is 4.65 Å². The SMILES string of the molecule is N#Cc1ccc(B2NN=C(c3ccccc3)CO2)cc1.